The number of hydrogen-bond acceptors (Lipinski definition) is 9. The largest absolute Gasteiger partial charge is 0.395 e. The van der Waals surface area contributed by atoms with Crippen LogP contribution in [-0.2, 0) is 4.79 Å². The molecule has 2 aliphatic heterocycles. The van der Waals surface area contributed by atoms with Gasteiger partial charge in [-0.15, -0.1) is 11.6 Å². The van der Waals surface area contributed by atoms with Gasteiger partial charge in [-0.2, -0.15) is 0 Å². The lowest BCUT2D eigenvalue weighted by Crippen LogP contribution is -2.64. The van der Waals surface area contributed by atoms with Crippen LogP contribution in [0, 0.1) is 5.92 Å². The molecule has 2 saturated heterocycles. The van der Waals surface area contributed by atoms with Crippen LogP contribution in [0.3, 0.4) is 0 Å². The number of amides is 1. The fourth-order valence-electron chi connectivity index (χ4n) is 3.79. The molecule has 1 aromatic rings. The molecule has 162 valence electrons. The lowest BCUT2D eigenvalue weighted by molar-refractivity contribution is -0.121. The van der Waals surface area contributed by atoms with E-state index < -0.39 is 12.1 Å². The van der Waals surface area contributed by atoms with Gasteiger partial charge >= 0.3 is 0 Å². The van der Waals surface area contributed by atoms with Crippen LogP contribution in [0.1, 0.15) is 0 Å². The van der Waals surface area contributed by atoms with Gasteiger partial charge in [-0.25, -0.2) is 0 Å². The summed E-state index contributed by atoms with van der Waals surface area (Å²) in [5.41, 5.74) is 13.3. The maximum Gasteiger partial charge on any atom is 0.233 e. The Hall–Kier alpha value is -1.53. The minimum absolute atomic E-state index is 0.0322. The topological polar surface area (TPSA) is 145 Å². The van der Waals surface area contributed by atoms with Gasteiger partial charge in [0.1, 0.15) is 0 Å². The van der Waals surface area contributed by atoms with Crippen molar-refractivity contribution in [1.82, 2.24) is 20.5 Å². The molecule has 0 aliphatic carbocycles. The van der Waals surface area contributed by atoms with Gasteiger partial charge in [-0.05, 0) is 13.1 Å². The number of piperazine rings is 1. The molecule has 2 aliphatic rings. The quantitative estimate of drug-likeness (QED) is 0.227. The Kier molecular flexibility index (Phi) is 7.63. The van der Waals surface area contributed by atoms with Crippen molar-refractivity contribution in [1.29, 1.82) is 0 Å². The highest BCUT2D eigenvalue weighted by Gasteiger charge is 2.35. The lowest BCUT2D eigenvalue weighted by Gasteiger charge is -2.40. The third kappa shape index (κ3) is 5.34. The van der Waals surface area contributed by atoms with Crippen molar-refractivity contribution in [3.63, 3.8) is 0 Å². The summed E-state index contributed by atoms with van der Waals surface area (Å²) in [5, 5.41) is 18.9. The number of aliphatic hydroxyl groups is 1. The number of aliphatic hydroxyl groups excluding tert-OH is 1. The van der Waals surface area contributed by atoms with Crippen molar-refractivity contribution < 1.29 is 9.90 Å². The van der Waals surface area contributed by atoms with Gasteiger partial charge in [0.15, 0.2) is 0 Å². The average Bonchev–Trinajstić information content (AvgIpc) is 2.70. The van der Waals surface area contributed by atoms with Crippen molar-refractivity contribution in [2.24, 2.45) is 17.4 Å². The van der Waals surface area contributed by atoms with E-state index in [2.05, 4.69) is 30.7 Å². The highest BCUT2D eigenvalue weighted by atomic mass is 35.5. The molecule has 0 radical (unpaired) electrons. The molecule has 8 N–H and O–H groups in total. The molecule has 1 aromatic heterocycles. The number of nitrogens with one attached hydrogen (secondary N) is 3. The molecule has 29 heavy (non-hydrogen) atoms. The molecule has 2 atom stereocenters. The SMILES string of the molecule is CN1CCN(c2ccncc2NC(=O)C(C(N)N)C2NCC(Cl)CN2)CC1CO. The number of anilines is 2. The number of carbonyl (C=O) groups is 1. The third-order valence-corrected chi connectivity index (χ3v) is 5.89. The third-order valence-electron chi connectivity index (χ3n) is 5.58. The van der Waals surface area contributed by atoms with Gasteiger partial charge in [0.25, 0.3) is 0 Å². The highest BCUT2D eigenvalue weighted by Crippen LogP contribution is 2.27. The highest BCUT2D eigenvalue weighted by molar-refractivity contribution is 6.21. The molecular formula is C18H31ClN8O2. The van der Waals surface area contributed by atoms with Gasteiger partial charge in [0.2, 0.25) is 5.91 Å². The number of rotatable bonds is 6. The van der Waals surface area contributed by atoms with Gasteiger partial charge in [-0.1, -0.05) is 0 Å². The summed E-state index contributed by atoms with van der Waals surface area (Å²) in [6.45, 7) is 3.46. The Morgan fingerprint density at radius 1 is 1.41 bits per heavy atom. The minimum atomic E-state index is -0.852. The van der Waals surface area contributed by atoms with Gasteiger partial charge in [0.05, 0.1) is 53.8 Å². The van der Waals surface area contributed by atoms with E-state index in [1.807, 2.05) is 13.1 Å². The van der Waals surface area contributed by atoms with Gasteiger partial charge < -0.3 is 26.8 Å². The summed E-state index contributed by atoms with van der Waals surface area (Å²) < 4.78 is 0. The molecule has 0 aromatic carbocycles. The van der Waals surface area contributed by atoms with Crippen LogP contribution in [0.5, 0.6) is 0 Å². The molecule has 10 nitrogen and oxygen atoms in total. The van der Waals surface area contributed by atoms with Crippen LogP contribution in [0.4, 0.5) is 11.4 Å². The van der Waals surface area contributed by atoms with Crippen molar-refractivity contribution in [3.05, 3.63) is 18.5 Å². The number of halogens is 1. The van der Waals surface area contributed by atoms with E-state index in [0.717, 1.165) is 18.8 Å². The van der Waals surface area contributed by atoms with Crippen LogP contribution in [-0.4, -0.2) is 91.0 Å². The first-order valence-corrected chi connectivity index (χ1v) is 10.3. The van der Waals surface area contributed by atoms with E-state index in [1.54, 1.807) is 12.4 Å². The van der Waals surface area contributed by atoms with E-state index in [9.17, 15) is 9.90 Å². The average molecular weight is 427 g/mol. The van der Waals surface area contributed by atoms with E-state index in [0.29, 0.717) is 25.3 Å². The maximum atomic E-state index is 13.1. The Balaban J connectivity index is 1.74. The first-order valence-electron chi connectivity index (χ1n) is 9.83. The van der Waals surface area contributed by atoms with Crippen molar-refractivity contribution in [3.8, 4) is 0 Å². The second-order valence-corrected chi connectivity index (χ2v) is 8.26. The van der Waals surface area contributed by atoms with E-state index >= 15 is 0 Å². The zero-order valence-corrected chi connectivity index (χ0v) is 17.3. The Labute approximate surface area is 175 Å². The Morgan fingerprint density at radius 2 is 2.14 bits per heavy atom. The molecular weight excluding hydrogens is 396 g/mol. The number of alkyl halides is 1. The molecule has 0 spiro atoms. The fraction of sp³-hybridized carbons (Fsp3) is 0.667. The molecule has 3 rings (SSSR count). The van der Waals surface area contributed by atoms with E-state index in [4.69, 9.17) is 23.1 Å². The number of carbonyl (C=O) groups excluding carboxylic acids is 1. The summed E-state index contributed by atoms with van der Waals surface area (Å²) >= 11 is 6.09. The predicted octanol–water partition coefficient (Wildman–Crippen LogP) is -1.88. The molecule has 2 unspecified atom stereocenters. The molecule has 11 heteroatoms. The number of pyridine rings is 1. The van der Waals surface area contributed by atoms with Gasteiger partial charge in [-0.3, -0.25) is 25.3 Å². The molecule has 1 amide bonds. The van der Waals surface area contributed by atoms with Crippen LogP contribution in [0.15, 0.2) is 18.5 Å². The second kappa shape index (κ2) is 9.98. The van der Waals surface area contributed by atoms with Gasteiger partial charge in [0, 0.05) is 38.9 Å². The second-order valence-electron chi connectivity index (χ2n) is 7.64. The molecule has 0 bridgehead atoms. The number of nitrogens with zero attached hydrogens (tertiary/aromatic N) is 3. The first kappa shape index (κ1) is 22.2. The summed E-state index contributed by atoms with van der Waals surface area (Å²) in [5.74, 6) is -0.981. The Morgan fingerprint density at radius 3 is 2.79 bits per heavy atom. The minimum Gasteiger partial charge on any atom is -0.395 e. The zero-order chi connectivity index (χ0) is 21.0. The van der Waals surface area contributed by atoms with Crippen LogP contribution in [0.25, 0.3) is 0 Å². The summed E-state index contributed by atoms with van der Waals surface area (Å²) in [4.78, 5) is 21.5. The van der Waals surface area contributed by atoms with E-state index in [-0.39, 0.29) is 30.1 Å². The first-order chi connectivity index (χ1) is 13.9. The summed E-state index contributed by atoms with van der Waals surface area (Å²) in [6, 6.07) is 1.90. The molecule has 2 fully saturated rings. The van der Waals surface area contributed by atoms with Crippen LogP contribution >= 0.6 is 11.6 Å². The Bertz CT molecular complexity index is 686. The van der Waals surface area contributed by atoms with Crippen molar-refractivity contribution in [2.75, 3.05) is 56.6 Å². The smallest absolute Gasteiger partial charge is 0.233 e. The van der Waals surface area contributed by atoms with Crippen molar-refractivity contribution >= 4 is 28.9 Å². The summed E-state index contributed by atoms with van der Waals surface area (Å²) in [6.07, 6.45) is 2.09. The van der Waals surface area contributed by atoms with E-state index in [1.165, 1.54) is 0 Å². The zero-order valence-electron chi connectivity index (χ0n) is 16.6. The monoisotopic (exact) mass is 426 g/mol. The predicted molar refractivity (Wildman–Crippen MR) is 114 cm³/mol. The molecule has 3 heterocycles. The summed E-state index contributed by atoms with van der Waals surface area (Å²) in [7, 11) is 2.00. The standard InChI is InChI=1S/C18H31ClN8O2/c1-26-4-5-27(9-12(26)10-28)14-2-3-22-8-13(14)25-18(29)15(16(20)21)17-23-6-11(19)7-24-17/h2-3,8,11-12,15-17,23-24,28H,4-7,9-10,20-21H2,1H3,(H,25,29). The van der Waals surface area contributed by atoms with Crippen LogP contribution in [0.2, 0.25) is 0 Å². The fourth-order valence-corrected chi connectivity index (χ4v) is 3.97. The number of nitrogens with two attached hydrogens (primary N) is 2. The number of hydrogen-bond donors (Lipinski definition) is 6. The molecule has 0 saturated carbocycles. The maximum absolute atomic E-state index is 13.1. The van der Waals surface area contributed by atoms with Crippen LogP contribution < -0.4 is 32.3 Å². The number of aromatic nitrogens is 1. The normalized spacial score (nSPS) is 27.1. The van der Waals surface area contributed by atoms with Crippen molar-refractivity contribution in [2.45, 2.75) is 23.8 Å². The number of likely N-dealkylation sites (N-methyl/N-ethyl adjacent to an activating group) is 1. The lowest BCUT2D eigenvalue weighted by atomic mass is 9.99.